The van der Waals surface area contributed by atoms with Gasteiger partial charge >= 0.3 is 0 Å². The first kappa shape index (κ1) is 45.9. The van der Waals surface area contributed by atoms with E-state index in [0.29, 0.717) is 0 Å². The highest BCUT2D eigenvalue weighted by atomic mass is 15.2. The molecular weight excluding hydrogens is 941 g/mol. The molecule has 2 nitrogen and oxygen atoms in total. The first-order chi connectivity index (χ1) is 38.4. The van der Waals surface area contributed by atoms with E-state index in [1.165, 1.54) is 94.7 Å². The summed E-state index contributed by atoms with van der Waals surface area (Å²) in [6.45, 7) is 4.77. The predicted molar refractivity (Wildman–Crippen MR) is 326 cm³/mol. The molecule has 2 heteroatoms. The number of hydrogen-bond donors (Lipinski definition) is 0. The summed E-state index contributed by atoms with van der Waals surface area (Å²) in [7, 11) is 0. The molecule has 11 aromatic carbocycles. The second kappa shape index (κ2) is 18.1. The van der Waals surface area contributed by atoms with Crippen molar-refractivity contribution in [3.63, 3.8) is 0 Å². The molecule has 11 aromatic rings. The molecule has 0 saturated heterocycles. The molecule has 3 atom stereocenters. The van der Waals surface area contributed by atoms with Gasteiger partial charge in [0.1, 0.15) is 0 Å². The zero-order valence-electron chi connectivity index (χ0n) is 43.8. The molecule has 0 heterocycles. The molecule has 0 fully saturated rings. The number of anilines is 6. The Morgan fingerprint density at radius 2 is 0.744 bits per heavy atom. The quantitative estimate of drug-likeness (QED) is 0.142. The van der Waals surface area contributed by atoms with E-state index in [0.717, 1.165) is 28.4 Å². The van der Waals surface area contributed by atoms with E-state index in [4.69, 9.17) is 0 Å². The maximum atomic E-state index is 2.55. The Bertz CT molecular complexity index is 4070. The minimum absolute atomic E-state index is 0.145. The molecule has 78 heavy (non-hydrogen) atoms. The Labute approximate surface area is 458 Å². The summed E-state index contributed by atoms with van der Waals surface area (Å²) in [5, 5.41) is 0. The number of allylic oxidation sites excluding steroid dienone is 4. The molecule has 0 amide bonds. The minimum atomic E-state index is -0.496. The van der Waals surface area contributed by atoms with Crippen LogP contribution in [0.25, 0.3) is 55.6 Å². The highest BCUT2D eigenvalue weighted by molar-refractivity contribution is 5.99. The first-order valence-corrected chi connectivity index (χ1v) is 27.5. The summed E-state index contributed by atoms with van der Waals surface area (Å²) >= 11 is 0. The minimum Gasteiger partial charge on any atom is -0.310 e. The van der Waals surface area contributed by atoms with E-state index in [9.17, 15) is 0 Å². The van der Waals surface area contributed by atoms with Crippen LogP contribution in [0, 0.1) is 5.92 Å². The maximum Gasteiger partial charge on any atom is 0.0543 e. The molecule has 0 aliphatic heterocycles. The molecule has 15 rings (SSSR count). The van der Waals surface area contributed by atoms with Gasteiger partial charge in [-0.05, 0) is 150 Å². The first-order valence-electron chi connectivity index (χ1n) is 27.5. The third-order valence-corrected chi connectivity index (χ3v) is 17.6. The number of benzene rings is 11. The molecule has 1 spiro atoms. The third-order valence-electron chi connectivity index (χ3n) is 17.6. The molecule has 4 aliphatic rings. The van der Waals surface area contributed by atoms with Gasteiger partial charge in [-0.2, -0.15) is 0 Å². The Kier molecular flexibility index (Phi) is 10.6. The average molecular weight is 997 g/mol. The van der Waals surface area contributed by atoms with E-state index in [2.05, 4.69) is 315 Å². The summed E-state index contributed by atoms with van der Waals surface area (Å²) < 4.78 is 0. The fraction of sp³-hybridized carbons (Fsp3) is 0.0789. The van der Waals surface area contributed by atoms with Crippen molar-refractivity contribution in [2.45, 2.75) is 30.6 Å². The van der Waals surface area contributed by atoms with E-state index in [1.54, 1.807) is 0 Å². The lowest BCUT2D eigenvalue weighted by molar-refractivity contribution is 0.465. The third kappa shape index (κ3) is 7.03. The smallest absolute Gasteiger partial charge is 0.0543 e. The van der Waals surface area contributed by atoms with Crippen molar-refractivity contribution in [1.29, 1.82) is 0 Å². The van der Waals surface area contributed by atoms with Gasteiger partial charge < -0.3 is 9.80 Å². The second-order valence-corrected chi connectivity index (χ2v) is 22.0. The highest BCUT2D eigenvalue weighted by Crippen LogP contribution is 2.67. The van der Waals surface area contributed by atoms with Gasteiger partial charge in [-0.25, -0.2) is 0 Å². The lowest BCUT2D eigenvalue weighted by Gasteiger charge is -2.37. The van der Waals surface area contributed by atoms with Crippen LogP contribution in [0.5, 0.6) is 0 Å². The zero-order valence-corrected chi connectivity index (χ0v) is 43.8. The van der Waals surface area contributed by atoms with E-state index >= 15 is 0 Å². The van der Waals surface area contributed by atoms with Gasteiger partial charge in [0.25, 0.3) is 0 Å². The van der Waals surface area contributed by atoms with Gasteiger partial charge in [0.05, 0.1) is 11.1 Å². The van der Waals surface area contributed by atoms with Crippen molar-refractivity contribution in [3.05, 3.63) is 325 Å². The van der Waals surface area contributed by atoms with Gasteiger partial charge in [0, 0.05) is 51.3 Å². The Balaban J connectivity index is 0.963. The molecule has 0 N–H and O–H groups in total. The largest absolute Gasteiger partial charge is 0.310 e. The van der Waals surface area contributed by atoms with Crippen LogP contribution in [-0.2, 0) is 10.8 Å². The summed E-state index contributed by atoms with van der Waals surface area (Å²) in [6.07, 6.45) is 9.50. The monoisotopic (exact) mass is 996 g/mol. The van der Waals surface area contributed by atoms with E-state index in [1.807, 2.05) is 0 Å². The Morgan fingerprint density at radius 1 is 0.308 bits per heavy atom. The van der Waals surface area contributed by atoms with E-state index in [-0.39, 0.29) is 17.3 Å². The van der Waals surface area contributed by atoms with Gasteiger partial charge in [-0.15, -0.1) is 0 Å². The fourth-order valence-corrected chi connectivity index (χ4v) is 14.0. The van der Waals surface area contributed by atoms with Crippen LogP contribution in [0.1, 0.15) is 53.1 Å². The van der Waals surface area contributed by atoms with Gasteiger partial charge in [0.15, 0.2) is 0 Å². The van der Waals surface area contributed by atoms with Gasteiger partial charge in [-0.3, -0.25) is 0 Å². The van der Waals surface area contributed by atoms with Crippen molar-refractivity contribution in [2.24, 2.45) is 5.92 Å². The van der Waals surface area contributed by atoms with Crippen molar-refractivity contribution >= 4 is 34.1 Å². The van der Waals surface area contributed by atoms with Crippen LogP contribution in [-0.4, -0.2) is 0 Å². The second-order valence-electron chi connectivity index (χ2n) is 22.0. The van der Waals surface area contributed by atoms with Crippen LogP contribution in [0.3, 0.4) is 0 Å². The summed E-state index contributed by atoms with van der Waals surface area (Å²) in [5.41, 5.74) is 26.6. The van der Waals surface area contributed by atoms with E-state index < -0.39 is 5.41 Å². The predicted octanol–water partition coefficient (Wildman–Crippen LogP) is 20.1. The van der Waals surface area contributed by atoms with Crippen molar-refractivity contribution < 1.29 is 0 Å². The standard InChI is InChI=1S/C76H56N2/c1-75(2)67-28-15-12-25-62(67)65-47-45-61(49-71(65)75)78(59-43-37-56(38-44-59)53-23-10-5-11-24-53)73-32-18-31-70-74(73)66-48-46-60(50-72(66)76(70)68-29-16-13-26-63(68)64-27-14-17-30-69(64)76)77(57-39-33-54(34-40-57)51-19-6-3-7-20-51)58-41-35-55(36-42-58)52-21-8-4-9-22-52/h3-50,63,68H,1-2H3. The van der Waals surface area contributed by atoms with Gasteiger partial charge in [-0.1, -0.05) is 238 Å². The van der Waals surface area contributed by atoms with Crippen molar-refractivity contribution in [1.82, 2.24) is 0 Å². The molecule has 0 saturated carbocycles. The van der Waals surface area contributed by atoms with Crippen LogP contribution < -0.4 is 9.80 Å². The summed E-state index contributed by atoms with van der Waals surface area (Å²) in [4.78, 5) is 5.01. The lowest BCUT2D eigenvalue weighted by Crippen LogP contribution is -2.33. The van der Waals surface area contributed by atoms with Crippen molar-refractivity contribution in [3.8, 4) is 55.6 Å². The number of fused-ring (bicyclic) bond motifs is 13. The number of rotatable bonds is 9. The molecule has 3 unspecified atom stereocenters. The zero-order chi connectivity index (χ0) is 52.0. The molecule has 0 bridgehead atoms. The van der Waals surface area contributed by atoms with Crippen molar-refractivity contribution in [2.75, 3.05) is 9.80 Å². The lowest BCUT2D eigenvalue weighted by atomic mass is 9.65. The molecular formula is C76H56N2. The molecule has 4 aliphatic carbocycles. The average Bonchev–Trinajstić information content (AvgIpc) is 3.00. The fourth-order valence-electron chi connectivity index (χ4n) is 14.0. The highest BCUT2D eigenvalue weighted by Gasteiger charge is 2.58. The molecule has 0 radical (unpaired) electrons. The van der Waals surface area contributed by atoms with Crippen LogP contribution in [0.15, 0.2) is 291 Å². The number of nitrogens with zero attached hydrogens (tertiary/aromatic N) is 2. The van der Waals surface area contributed by atoms with Crippen LogP contribution in [0.4, 0.5) is 34.1 Å². The van der Waals surface area contributed by atoms with Crippen LogP contribution >= 0.6 is 0 Å². The Morgan fingerprint density at radius 3 is 1.35 bits per heavy atom. The maximum absolute atomic E-state index is 2.55. The van der Waals surface area contributed by atoms with Gasteiger partial charge in [0.2, 0.25) is 0 Å². The molecule has 0 aromatic heterocycles. The Hall–Kier alpha value is -9.50. The topological polar surface area (TPSA) is 6.48 Å². The van der Waals surface area contributed by atoms with Crippen LogP contribution in [0.2, 0.25) is 0 Å². The molecule has 370 valence electrons. The summed E-state index contributed by atoms with van der Waals surface area (Å²) in [5.74, 6) is 0.360. The summed E-state index contributed by atoms with van der Waals surface area (Å²) in [6, 6.07) is 99.6. The normalized spacial score (nSPS) is 17.4. The number of hydrogen-bond acceptors (Lipinski definition) is 2. The SMILES string of the molecule is CC1(C)c2ccccc2-c2ccc(N(c3ccc(-c4ccccc4)cc3)c3cccc4c3-c3ccc(N(c5ccc(-c6ccccc6)cc5)c5ccc(-c6ccccc6)cc5)cc3C43c4ccccc4C4C=CC=CC43)cc21.